The third-order valence-electron chi connectivity index (χ3n) is 16.5. The number of aromatic nitrogens is 2. The molecule has 14 aromatic rings. The Balaban J connectivity index is 0.913. The predicted octanol–water partition coefficient (Wildman–Crippen LogP) is 19.1. The van der Waals surface area contributed by atoms with E-state index in [1.165, 1.54) is 66.1 Å². The summed E-state index contributed by atoms with van der Waals surface area (Å²) in [5, 5.41) is 10.9. The zero-order chi connectivity index (χ0) is 53.4. The molecule has 4 heterocycles. The van der Waals surface area contributed by atoms with E-state index in [-0.39, 0.29) is 0 Å². The molecule has 382 valence electrons. The molecule has 3 aromatic heterocycles. The molecular weight excluding hydrogens is 987 g/mol. The second kappa shape index (κ2) is 19.1. The molecule has 1 aliphatic heterocycles. The van der Waals surface area contributed by atoms with Crippen LogP contribution in [0.2, 0.25) is 0 Å². The van der Waals surface area contributed by atoms with Crippen molar-refractivity contribution in [1.29, 1.82) is 0 Å². The number of allylic oxidation sites excluding steroid dienone is 4. The zero-order valence-corrected chi connectivity index (χ0v) is 44.2. The summed E-state index contributed by atoms with van der Waals surface area (Å²) >= 11 is 0. The van der Waals surface area contributed by atoms with Crippen LogP contribution in [0.5, 0.6) is 0 Å². The predicted molar refractivity (Wildman–Crippen MR) is 337 cm³/mol. The third kappa shape index (κ3) is 7.86. The van der Waals surface area contributed by atoms with Crippen LogP contribution in [0.3, 0.4) is 0 Å². The number of nitrogens with one attached hydrogen (secondary N) is 1. The highest BCUT2D eigenvalue weighted by molar-refractivity contribution is 6.23. The number of para-hydroxylation sites is 2. The Morgan fingerprint density at radius 1 is 0.407 bits per heavy atom. The van der Waals surface area contributed by atoms with Crippen LogP contribution >= 0.6 is 0 Å². The summed E-state index contributed by atoms with van der Waals surface area (Å²) in [6.45, 7) is 0. The summed E-state index contributed by atoms with van der Waals surface area (Å²) in [5.74, 6) is 1.34. The van der Waals surface area contributed by atoms with E-state index in [9.17, 15) is 0 Å². The van der Waals surface area contributed by atoms with Crippen LogP contribution in [0.4, 0.5) is 0 Å². The molecule has 1 unspecified atom stereocenters. The number of aliphatic imine (C=N–C) groups is 2. The van der Waals surface area contributed by atoms with Crippen molar-refractivity contribution >= 4 is 82.9 Å². The van der Waals surface area contributed by atoms with Crippen LogP contribution in [-0.4, -0.2) is 20.8 Å². The van der Waals surface area contributed by atoms with Gasteiger partial charge in [0.15, 0.2) is 5.84 Å². The fourth-order valence-electron chi connectivity index (χ4n) is 12.7. The molecule has 11 aromatic carbocycles. The SMILES string of the molecule is C1=CCCC(n2c3cc(-c4ccccc4)ccc3c3c(-c4cccc5c4c4ccccc4n5-c4cc(-c5ccccc5)ccc4C4=NC(c5ccc6c(c5)oc5ccccc56)=NC(c5ccc(-c6ccccc6)cc5)N4)cccc32)=C1. The lowest BCUT2D eigenvalue weighted by Crippen LogP contribution is -2.34. The van der Waals surface area contributed by atoms with E-state index in [2.05, 4.69) is 275 Å². The standard InChI is InChI=1S/C75H51N5O/c1-5-19-48(20-6-1)51-35-37-52(38-36-51)73-76-74(55-41-42-58-57-27-14-16-34-69(57)81-70(58)47-55)78-75(77-73)63-44-40-54(50-23-9-3-10-24-50)46-68(63)80-64-31-15-13-28-61(64)71-59(30-18-33-66(71)80)60-29-17-32-65-72(60)62-43-39-53(49-21-7-2-8-22-49)45-67(62)79(65)56-25-11-4-12-26-56/h1-11,13-25,27-47,73H,12,26H2,(H,76,77,78). The first-order chi connectivity index (χ1) is 40.2. The second-order valence-corrected chi connectivity index (χ2v) is 21.2. The van der Waals surface area contributed by atoms with Crippen molar-refractivity contribution in [1.82, 2.24) is 14.5 Å². The number of nitrogens with zero attached hydrogens (tertiary/aromatic N) is 4. The van der Waals surface area contributed by atoms with Crippen LogP contribution in [0, 0.1) is 0 Å². The topological polar surface area (TPSA) is 59.8 Å². The van der Waals surface area contributed by atoms with Crippen molar-refractivity contribution in [3.63, 3.8) is 0 Å². The molecule has 0 saturated carbocycles. The van der Waals surface area contributed by atoms with Gasteiger partial charge in [-0.3, -0.25) is 0 Å². The molecule has 0 bridgehead atoms. The highest BCUT2D eigenvalue weighted by Crippen LogP contribution is 2.46. The maximum absolute atomic E-state index is 6.48. The number of hydrogen-bond donors (Lipinski definition) is 1. The number of fused-ring (bicyclic) bond motifs is 9. The lowest BCUT2D eigenvalue weighted by molar-refractivity contribution is 0.667. The lowest BCUT2D eigenvalue weighted by atomic mass is 9.95. The molecule has 81 heavy (non-hydrogen) atoms. The van der Waals surface area contributed by atoms with Gasteiger partial charge in [0.2, 0.25) is 0 Å². The van der Waals surface area contributed by atoms with Gasteiger partial charge in [0.05, 0.1) is 27.8 Å². The average molecular weight is 1040 g/mol. The monoisotopic (exact) mass is 1040 g/mol. The molecule has 1 aliphatic carbocycles. The first kappa shape index (κ1) is 46.5. The van der Waals surface area contributed by atoms with Gasteiger partial charge in [0.25, 0.3) is 0 Å². The lowest BCUT2D eigenvalue weighted by Gasteiger charge is -2.26. The first-order valence-corrected chi connectivity index (χ1v) is 27.9. The maximum atomic E-state index is 6.48. The summed E-state index contributed by atoms with van der Waals surface area (Å²) in [6.07, 6.45) is 8.29. The molecule has 0 fully saturated rings. The number of furan rings is 1. The van der Waals surface area contributed by atoms with Gasteiger partial charge >= 0.3 is 0 Å². The average Bonchev–Trinajstić information content (AvgIpc) is 4.12. The minimum atomic E-state index is -0.457. The summed E-state index contributed by atoms with van der Waals surface area (Å²) in [4.78, 5) is 11.0. The summed E-state index contributed by atoms with van der Waals surface area (Å²) < 4.78 is 11.5. The first-order valence-electron chi connectivity index (χ1n) is 27.9. The van der Waals surface area contributed by atoms with Crippen molar-refractivity contribution < 1.29 is 4.42 Å². The Morgan fingerprint density at radius 3 is 1.68 bits per heavy atom. The van der Waals surface area contributed by atoms with Crippen LogP contribution in [0.25, 0.3) is 121 Å². The Labute approximate surface area is 468 Å². The maximum Gasteiger partial charge on any atom is 0.159 e. The van der Waals surface area contributed by atoms with E-state index in [4.69, 9.17) is 14.4 Å². The molecule has 1 N–H and O–H groups in total. The summed E-state index contributed by atoms with van der Waals surface area (Å²) in [7, 11) is 0. The quantitative estimate of drug-likeness (QED) is 0.157. The molecule has 0 spiro atoms. The molecule has 6 heteroatoms. The van der Waals surface area contributed by atoms with E-state index in [0.717, 1.165) is 90.7 Å². The van der Waals surface area contributed by atoms with Gasteiger partial charge in [-0.05, 0) is 124 Å². The van der Waals surface area contributed by atoms with E-state index in [1.807, 2.05) is 12.1 Å². The minimum absolute atomic E-state index is 0.457. The number of amidine groups is 2. The number of hydrogen-bond acceptors (Lipinski definition) is 4. The molecule has 16 rings (SSSR count). The van der Waals surface area contributed by atoms with Crippen molar-refractivity contribution in [2.75, 3.05) is 0 Å². The third-order valence-corrected chi connectivity index (χ3v) is 16.5. The summed E-state index contributed by atoms with van der Waals surface area (Å²) in [5.41, 5.74) is 20.7. The van der Waals surface area contributed by atoms with Crippen molar-refractivity contribution in [2.45, 2.75) is 19.0 Å². The van der Waals surface area contributed by atoms with Crippen molar-refractivity contribution in [3.05, 3.63) is 290 Å². The summed E-state index contributed by atoms with van der Waals surface area (Å²) in [6, 6.07) is 91.7. The fraction of sp³-hybridized carbons (Fsp3) is 0.0400. The molecule has 1 atom stereocenters. The van der Waals surface area contributed by atoms with Gasteiger partial charge in [0.1, 0.15) is 23.2 Å². The van der Waals surface area contributed by atoms with Crippen molar-refractivity contribution in [3.8, 4) is 50.2 Å². The van der Waals surface area contributed by atoms with Gasteiger partial charge in [0, 0.05) is 49.1 Å². The van der Waals surface area contributed by atoms with E-state index >= 15 is 0 Å². The molecule has 2 aliphatic rings. The van der Waals surface area contributed by atoms with Crippen molar-refractivity contribution in [2.24, 2.45) is 9.98 Å². The normalized spacial score (nSPS) is 14.5. The van der Waals surface area contributed by atoms with Gasteiger partial charge in [-0.25, -0.2) is 9.98 Å². The Bertz CT molecular complexity index is 4940. The van der Waals surface area contributed by atoms with Gasteiger partial charge < -0.3 is 18.9 Å². The Kier molecular flexibility index (Phi) is 11.0. The Hall–Kier alpha value is -10.6. The second-order valence-electron chi connectivity index (χ2n) is 21.2. The molecule has 0 radical (unpaired) electrons. The fourth-order valence-corrected chi connectivity index (χ4v) is 12.7. The van der Waals surface area contributed by atoms with E-state index < -0.39 is 6.17 Å². The van der Waals surface area contributed by atoms with Crippen LogP contribution < -0.4 is 5.32 Å². The van der Waals surface area contributed by atoms with Crippen LogP contribution in [0.1, 0.15) is 35.7 Å². The Morgan fingerprint density at radius 2 is 0.963 bits per heavy atom. The zero-order valence-electron chi connectivity index (χ0n) is 44.2. The highest BCUT2D eigenvalue weighted by Gasteiger charge is 2.27. The molecule has 6 nitrogen and oxygen atoms in total. The van der Waals surface area contributed by atoms with Gasteiger partial charge in [-0.2, -0.15) is 0 Å². The number of rotatable bonds is 9. The molecule has 0 saturated heterocycles. The van der Waals surface area contributed by atoms with Gasteiger partial charge in [-0.15, -0.1) is 0 Å². The molecular formula is C75H51N5O. The van der Waals surface area contributed by atoms with E-state index in [0.29, 0.717) is 5.84 Å². The van der Waals surface area contributed by atoms with E-state index in [1.54, 1.807) is 0 Å². The smallest absolute Gasteiger partial charge is 0.159 e. The largest absolute Gasteiger partial charge is 0.456 e. The van der Waals surface area contributed by atoms with Crippen LogP contribution in [-0.2, 0) is 0 Å². The van der Waals surface area contributed by atoms with Crippen LogP contribution in [0.15, 0.2) is 287 Å². The number of benzene rings is 11. The van der Waals surface area contributed by atoms with Gasteiger partial charge in [-0.1, -0.05) is 212 Å². The molecule has 0 amide bonds. The minimum Gasteiger partial charge on any atom is -0.456 e. The highest BCUT2D eigenvalue weighted by atomic mass is 16.3.